The average molecular weight is 990 g/mol. The van der Waals surface area contributed by atoms with Crippen LogP contribution in [-0.2, 0) is 18.4 Å². The van der Waals surface area contributed by atoms with Gasteiger partial charge in [-0.1, -0.05) is 237 Å². The Kier molecular flexibility index (Phi) is 41.3. The number of carbonyl (C=O) groups is 1. The SMILES string of the molecule is CCCCCCCCCCCCCCCCC/C=C/CC/C=C/C(O)C(COP(=O)(O)OC1C(O)C(O)C(O)C(O)C1O)NC(=O)CC(O)CCCCCCCCCCCCCCCCCCC. The summed E-state index contributed by atoms with van der Waals surface area (Å²) in [5.74, 6) is -0.598. The third-order valence-electron chi connectivity index (χ3n) is 13.5. The highest BCUT2D eigenvalue weighted by Gasteiger charge is 2.51. The highest BCUT2D eigenvalue weighted by molar-refractivity contribution is 7.47. The number of hydrogen-bond acceptors (Lipinski definition) is 11. The van der Waals surface area contributed by atoms with E-state index in [-0.39, 0.29) is 6.42 Å². The lowest BCUT2D eigenvalue weighted by Gasteiger charge is -2.41. The predicted molar refractivity (Wildman–Crippen MR) is 275 cm³/mol. The molecule has 1 amide bonds. The van der Waals surface area contributed by atoms with Crippen LogP contribution in [0.15, 0.2) is 24.3 Å². The predicted octanol–water partition coefficient (Wildman–Crippen LogP) is 11.1. The summed E-state index contributed by atoms with van der Waals surface area (Å²) in [5.41, 5.74) is 0. The molecule has 1 fully saturated rings. The van der Waals surface area contributed by atoms with E-state index in [2.05, 4.69) is 31.3 Å². The summed E-state index contributed by atoms with van der Waals surface area (Å²) in [4.78, 5) is 23.6. The van der Waals surface area contributed by atoms with Crippen LogP contribution in [0.25, 0.3) is 0 Å². The van der Waals surface area contributed by atoms with E-state index in [4.69, 9.17) is 9.05 Å². The highest BCUT2D eigenvalue weighted by atomic mass is 31.2. The van der Waals surface area contributed by atoms with Crippen LogP contribution in [-0.4, -0.2) is 108 Å². The molecule has 1 rings (SSSR count). The van der Waals surface area contributed by atoms with Gasteiger partial charge in [0.05, 0.1) is 31.3 Å². The van der Waals surface area contributed by atoms with E-state index in [1.807, 2.05) is 0 Å². The van der Waals surface area contributed by atoms with Crippen molar-refractivity contribution in [2.24, 2.45) is 0 Å². The molecule has 1 saturated carbocycles. The fourth-order valence-electron chi connectivity index (χ4n) is 9.02. The molecule has 0 aromatic carbocycles. The van der Waals surface area contributed by atoms with Crippen LogP contribution < -0.4 is 5.32 Å². The maximum Gasteiger partial charge on any atom is 0.472 e. The number of allylic oxidation sites excluding steroid dienone is 3. The van der Waals surface area contributed by atoms with Gasteiger partial charge in [0, 0.05) is 0 Å². The molecule has 0 bridgehead atoms. The largest absolute Gasteiger partial charge is 0.472 e. The lowest BCUT2D eigenvalue weighted by molar-refractivity contribution is -0.220. The van der Waals surface area contributed by atoms with Gasteiger partial charge >= 0.3 is 7.82 Å². The Balaban J connectivity index is 2.46. The van der Waals surface area contributed by atoms with E-state index in [0.717, 1.165) is 44.9 Å². The lowest BCUT2D eigenvalue weighted by atomic mass is 9.85. The maximum absolute atomic E-state index is 13.1. The molecule has 402 valence electrons. The summed E-state index contributed by atoms with van der Waals surface area (Å²) in [5, 5.41) is 74.8. The zero-order valence-corrected chi connectivity index (χ0v) is 43.9. The number of hydrogen-bond donors (Lipinski definition) is 9. The van der Waals surface area contributed by atoms with Crippen LogP contribution in [0.2, 0.25) is 0 Å². The third-order valence-corrected chi connectivity index (χ3v) is 14.5. The molecule has 0 aliphatic heterocycles. The van der Waals surface area contributed by atoms with E-state index in [1.54, 1.807) is 6.08 Å². The van der Waals surface area contributed by atoms with Gasteiger partial charge in [-0.25, -0.2) is 4.57 Å². The first-order valence-corrected chi connectivity index (χ1v) is 29.4. The van der Waals surface area contributed by atoms with Crippen molar-refractivity contribution in [3.63, 3.8) is 0 Å². The van der Waals surface area contributed by atoms with Crippen molar-refractivity contribution in [2.75, 3.05) is 6.61 Å². The zero-order chi connectivity index (χ0) is 50.1. The highest BCUT2D eigenvalue weighted by Crippen LogP contribution is 2.47. The Bertz CT molecular complexity index is 1260. The molecule has 8 atom stereocenters. The molecule has 0 aromatic rings. The molecule has 13 nitrogen and oxygen atoms in total. The van der Waals surface area contributed by atoms with Crippen molar-refractivity contribution in [1.29, 1.82) is 0 Å². The smallest absolute Gasteiger partial charge is 0.393 e. The number of phosphoric ester groups is 1. The summed E-state index contributed by atoms with van der Waals surface area (Å²) in [6, 6.07) is -1.25. The van der Waals surface area contributed by atoms with Crippen molar-refractivity contribution < 1.29 is 59.0 Å². The average Bonchev–Trinajstić information content (AvgIpc) is 3.31. The van der Waals surface area contributed by atoms with Crippen molar-refractivity contribution in [3.8, 4) is 0 Å². The molecular weight excluding hydrogens is 886 g/mol. The summed E-state index contributed by atoms with van der Waals surface area (Å²) in [6.45, 7) is 3.77. The van der Waals surface area contributed by atoms with Crippen molar-refractivity contribution in [2.45, 2.75) is 306 Å². The van der Waals surface area contributed by atoms with E-state index >= 15 is 0 Å². The zero-order valence-electron chi connectivity index (χ0n) is 43.0. The van der Waals surface area contributed by atoms with Crippen LogP contribution in [0.4, 0.5) is 0 Å². The molecule has 0 radical (unpaired) electrons. The summed E-state index contributed by atoms with van der Waals surface area (Å²) < 4.78 is 23.0. The first kappa shape index (κ1) is 64.8. The summed E-state index contributed by atoms with van der Waals surface area (Å²) >= 11 is 0. The first-order valence-electron chi connectivity index (χ1n) is 27.9. The first-order chi connectivity index (χ1) is 32.8. The van der Waals surface area contributed by atoms with Gasteiger partial charge in [0.25, 0.3) is 0 Å². The van der Waals surface area contributed by atoms with Crippen LogP contribution >= 0.6 is 7.82 Å². The van der Waals surface area contributed by atoms with E-state index in [1.165, 1.54) is 179 Å². The van der Waals surface area contributed by atoms with Crippen LogP contribution in [0.5, 0.6) is 0 Å². The standard InChI is InChI=1S/C54H104NO12P/c1-3-5-7-9-11-13-15-17-19-21-22-23-24-26-28-30-32-34-36-38-40-42-47(57)46(44-66-68(64,65)67-54-52(62)50(60)49(59)51(61)53(54)63)55-48(58)43-45(56)41-39-37-35-33-31-29-27-25-20-18-16-14-12-10-8-6-4-2/h32,34,40,42,45-47,49-54,56-57,59-63H,3-31,33,35-39,41,43-44H2,1-2H3,(H,55,58)(H,64,65)/b34-32+,42-40+. The Morgan fingerprint density at radius 3 is 1.29 bits per heavy atom. The minimum atomic E-state index is -5.15. The molecule has 0 saturated heterocycles. The van der Waals surface area contributed by atoms with Crippen molar-refractivity contribution in [1.82, 2.24) is 5.32 Å². The van der Waals surface area contributed by atoms with E-state index in [0.29, 0.717) is 12.8 Å². The number of aliphatic hydroxyl groups is 7. The number of carbonyl (C=O) groups excluding carboxylic acids is 1. The van der Waals surface area contributed by atoms with Gasteiger partial charge < -0.3 is 46.0 Å². The monoisotopic (exact) mass is 990 g/mol. The topological polar surface area (TPSA) is 226 Å². The maximum atomic E-state index is 13.1. The molecule has 1 aliphatic carbocycles. The fourth-order valence-corrected chi connectivity index (χ4v) is 9.99. The second-order valence-electron chi connectivity index (χ2n) is 20.0. The molecule has 8 unspecified atom stereocenters. The minimum Gasteiger partial charge on any atom is -0.393 e. The van der Waals surface area contributed by atoms with Crippen molar-refractivity contribution >= 4 is 13.7 Å². The van der Waals surface area contributed by atoms with Gasteiger partial charge in [-0.3, -0.25) is 13.8 Å². The summed E-state index contributed by atoms with van der Waals surface area (Å²) in [7, 11) is -5.15. The van der Waals surface area contributed by atoms with Crippen LogP contribution in [0.3, 0.4) is 0 Å². The molecule has 9 N–H and O–H groups in total. The lowest BCUT2D eigenvalue weighted by Crippen LogP contribution is -2.64. The van der Waals surface area contributed by atoms with Gasteiger partial charge in [-0.15, -0.1) is 0 Å². The fraction of sp³-hybridized carbons (Fsp3) is 0.907. The minimum absolute atomic E-state index is 0.248. The Morgan fingerprint density at radius 1 is 0.515 bits per heavy atom. The number of nitrogens with one attached hydrogen (secondary N) is 1. The molecule has 68 heavy (non-hydrogen) atoms. The van der Waals surface area contributed by atoms with Gasteiger partial charge in [-0.05, 0) is 32.1 Å². The second-order valence-corrected chi connectivity index (χ2v) is 21.4. The molecule has 1 aliphatic rings. The van der Waals surface area contributed by atoms with Gasteiger partial charge in [0.2, 0.25) is 5.91 Å². The Hall–Kier alpha value is -1.22. The van der Waals surface area contributed by atoms with Gasteiger partial charge in [0.15, 0.2) is 0 Å². The van der Waals surface area contributed by atoms with Gasteiger partial charge in [0.1, 0.15) is 36.6 Å². The Labute approximate surface area is 414 Å². The van der Waals surface area contributed by atoms with Gasteiger partial charge in [-0.2, -0.15) is 0 Å². The number of phosphoric acid groups is 1. The van der Waals surface area contributed by atoms with E-state index < -0.39 is 75.2 Å². The number of unbranched alkanes of at least 4 members (excludes halogenated alkanes) is 32. The normalized spacial score (nSPS) is 22.2. The third kappa shape index (κ3) is 34.2. The molecule has 0 heterocycles. The van der Waals surface area contributed by atoms with Crippen LogP contribution in [0, 0.1) is 0 Å². The molecule has 0 aromatic heterocycles. The number of amides is 1. The molecular formula is C54H104NO12P. The molecule has 0 spiro atoms. The number of aliphatic hydroxyl groups excluding tert-OH is 7. The summed E-state index contributed by atoms with van der Waals surface area (Å²) in [6.07, 6.45) is 36.9. The molecule has 14 heteroatoms. The second kappa shape index (κ2) is 43.4. The number of rotatable bonds is 47. The Morgan fingerprint density at radius 2 is 0.868 bits per heavy atom. The van der Waals surface area contributed by atoms with Crippen LogP contribution in [0.1, 0.15) is 251 Å². The quantitative estimate of drug-likeness (QED) is 0.0158. The van der Waals surface area contributed by atoms with Crippen molar-refractivity contribution in [3.05, 3.63) is 24.3 Å². The van der Waals surface area contributed by atoms with E-state index in [9.17, 15) is 50.0 Å².